The maximum atomic E-state index is 12.7. The molecule has 2 heterocycles. The maximum Gasteiger partial charge on any atom is 0.224 e. The highest BCUT2D eigenvalue weighted by atomic mass is 16.5. The van der Waals surface area contributed by atoms with Gasteiger partial charge >= 0.3 is 0 Å². The van der Waals surface area contributed by atoms with Gasteiger partial charge in [0.25, 0.3) is 0 Å². The van der Waals surface area contributed by atoms with Crippen LogP contribution in [0.3, 0.4) is 0 Å². The first-order valence-electron chi connectivity index (χ1n) is 9.90. The average Bonchev–Trinajstić information content (AvgIpc) is 3.35. The first kappa shape index (κ1) is 18.7. The van der Waals surface area contributed by atoms with Gasteiger partial charge in [0.05, 0.1) is 19.3 Å². The minimum atomic E-state index is -0.206. The van der Waals surface area contributed by atoms with Gasteiger partial charge in [0.1, 0.15) is 0 Å². The van der Waals surface area contributed by atoms with E-state index in [9.17, 15) is 9.59 Å². The predicted octanol–water partition coefficient (Wildman–Crippen LogP) is 1.17. The van der Waals surface area contributed by atoms with E-state index in [1.165, 1.54) is 11.1 Å². The monoisotopic (exact) mass is 382 g/mol. The molecule has 2 amide bonds. The molecule has 0 bridgehead atoms. The number of hydrogen-bond donors (Lipinski definition) is 1. The topological polar surface area (TPSA) is 76.5 Å². The van der Waals surface area contributed by atoms with E-state index in [-0.39, 0.29) is 30.3 Å². The van der Waals surface area contributed by atoms with E-state index in [0.29, 0.717) is 32.7 Å². The van der Waals surface area contributed by atoms with Crippen LogP contribution in [0, 0.1) is 0 Å². The normalized spacial score (nSPS) is 19.4. The number of fused-ring (bicyclic) bond motifs is 1. The second kappa shape index (κ2) is 8.56. The molecule has 7 nitrogen and oxygen atoms in total. The third-order valence-corrected chi connectivity index (χ3v) is 5.50. The third kappa shape index (κ3) is 4.42. The lowest BCUT2D eigenvalue weighted by atomic mass is 10.1. The van der Waals surface area contributed by atoms with Crippen molar-refractivity contribution in [3.63, 3.8) is 0 Å². The fourth-order valence-electron chi connectivity index (χ4n) is 4.10. The van der Waals surface area contributed by atoms with Crippen molar-refractivity contribution in [2.45, 2.75) is 44.3 Å². The molecule has 2 aromatic rings. The number of aryl methyl sites for hydroxylation is 1. The standard InChI is InChI=1S/C21H26N4O3/c26-20(23-18-12-16-4-1-2-5-17(16)13-18)14-19-15-28-11-10-25(19)21(27)6-9-24-8-3-7-22-24/h1-5,7-8,18-19H,6,9-15H2,(H,23,26). The van der Waals surface area contributed by atoms with Crippen LogP contribution in [0.5, 0.6) is 0 Å². The SMILES string of the molecule is O=C(CC1COCCN1C(=O)CCn1cccn1)NC1Cc2ccccc2C1. The zero-order valence-electron chi connectivity index (χ0n) is 15.9. The second-order valence-electron chi connectivity index (χ2n) is 7.48. The van der Waals surface area contributed by atoms with E-state index in [2.05, 4.69) is 22.5 Å². The lowest BCUT2D eigenvalue weighted by molar-refractivity contribution is -0.142. The Kier molecular flexibility index (Phi) is 5.71. The largest absolute Gasteiger partial charge is 0.377 e. The van der Waals surface area contributed by atoms with Gasteiger partial charge in [-0.3, -0.25) is 14.3 Å². The van der Waals surface area contributed by atoms with Crippen molar-refractivity contribution in [1.29, 1.82) is 0 Å². The van der Waals surface area contributed by atoms with Crippen molar-refractivity contribution in [1.82, 2.24) is 20.0 Å². The van der Waals surface area contributed by atoms with E-state index in [1.54, 1.807) is 15.8 Å². The van der Waals surface area contributed by atoms with E-state index in [4.69, 9.17) is 4.74 Å². The van der Waals surface area contributed by atoms with Gasteiger partial charge in [-0.1, -0.05) is 24.3 Å². The van der Waals surface area contributed by atoms with Crippen LogP contribution in [0.2, 0.25) is 0 Å². The number of carbonyl (C=O) groups is 2. The summed E-state index contributed by atoms with van der Waals surface area (Å²) in [4.78, 5) is 27.1. The molecule has 1 atom stereocenters. The molecule has 1 saturated heterocycles. The Bertz CT molecular complexity index is 796. The van der Waals surface area contributed by atoms with Gasteiger partial charge < -0.3 is 15.0 Å². The summed E-state index contributed by atoms with van der Waals surface area (Å²) in [6, 6.07) is 10.1. The Balaban J connectivity index is 1.29. The van der Waals surface area contributed by atoms with E-state index in [1.807, 2.05) is 24.4 Å². The molecule has 1 aliphatic carbocycles. The smallest absolute Gasteiger partial charge is 0.224 e. The van der Waals surface area contributed by atoms with Gasteiger partial charge in [-0.2, -0.15) is 5.10 Å². The van der Waals surface area contributed by atoms with Gasteiger partial charge in [0.15, 0.2) is 0 Å². The number of nitrogens with one attached hydrogen (secondary N) is 1. The molecule has 28 heavy (non-hydrogen) atoms. The molecule has 1 unspecified atom stereocenters. The van der Waals surface area contributed by atoms with Crippen LogP contribution in [0.1, 0.15) is 24.0 Å². The molecule has 1 aromatic carbocycles. The molecule has 4 rings (SSSR count). The summed E-state index contributed by atoms with van der Waals surface area (Å²) in [5.74, 6) is 0.0306. The number of carbonyl (C=O) groups excluding carboxylic acids is 2. The van der Waals surface area contributed by atoms with Gasteiger partial charge in [-0.05, 0) is 30.0 Å². The number of benzene rings is 1. The number of hydrogen-bond acceptors (Lipinski definition) is 4. The highest BCUT2D eigenvalue weighted by Gasteiger charge is 2.30. The van der Waals surface area contributed by atoms with Crippen LogP contribution in [0.4, 0.5) is 0 Å². The van der Waals surface area contributed by atoms with Gasteiger partial charge in [-0.25, -0.2) is 0 Å². The van der Waals surface area contributed by atoms with Crippen molar-refractivity contribution in [3.8, 4) is 0 Å². The Hall–Kier alpha value is -2.67. The Morgan fingerprint density at radius 1 is 1.18 bits per heavy atom. The van der Waals surface area contributed by atoms with Crippen LogP contribution in [0.15, 0.2) is 42.7 Å². The second-order valence-corrected chi connectivity index (χ2v) is 7.48. The number of nitrogens with zero attached hydrogens (tertiary/aromatic N) is 3. The summed E-state index contributed by atoms with van der Waals surface area (Å²) in [7, 11) is 0. The first-order chi connectivity index (χ1) is 13.7. The van der Waals surface area contributed by atoms with Crippen LogP contribution in [0.25, 0.3) is 0 Å². The quantitative estimate of drug-likeness (QED) is 0.814. The van der Waals surface area contributed by atoms with Crippen molar-refractivity contribution in [2.24, 2.45) is 0 Å². The van der Waals surface area contributed by atoms with Crippen LogP contribution >= 0.6 is 0 Å². The molecule has 2 aliphatic rings. The lowest BCUT2D eigenvalue weighted by Gasteiger charge is -2.35. The molecule has 1 aromatic heterocycles. The Labute approximate surface area is 164 Å². The average molecular weight is 382 g/mol. The van der Waals surface area contributed by atoms with E-state index >= 15 is 0 Å². The molecule has 0 saturated carbocycles. The summed E-state index contributed by atoms with van der Waals surface area (Å²) in [6.07, 6.45) is 5.94. The van der Waals surface area contributed by atoms with Crippen LogP contribution in [-0.2, 0) is 33.7 Å². The van der Waals surface area contributed by atoms with Crippen LogP contribution in [-0.4, -0.2) is 58.3 Å². The van der Waals surface area contributed by atoms with Gasteiger partial charge in [0, 0.05) is 44.4 Å². The number of amides is 2. The maximum absolute atomic E-state index is 12.7. The molecule has 148 valence electrons. The molecule has 1 aliphatic heterocycles. The molecular formula is C21H26N4O3. The minimum Gasteiger partial charge on any atom is -0.377 e. The minimum absolute atomic E-state index is 0.0156. The van der Waals surface area contributed by atoms with Crippen molar-refractivity contribution >= 4 is 11.8 Å². The van der Waals surface area contributed by atoms with Gasteiger partial charge in [-0.15, -0.1) is 0 Å². The fraction of sp³-hybridized carbons (Fsp3) is 0.476. The van der Waals surface area contributed by atoms with Crippen molar-refractivity contribution in [3.05, 3.63) is 53.9 Å². The predicted molar refractivity (Wildman–Crippen MR) is 104 cm³/mol. The highest BCUT2D eigenvalue weighted by molar-refractivity contribution is 5.80. The Morgan fingerprint density at radius 3 is 2.68 bits per heavy atom. The van der Waals surface area contributed by atoms with Crippen LogP contribution < -0.4 is 5.32 Å². The highest BCUT2D eigenvalue weighted by Crippen LogP contribution is 2.22. The summed E-state index contributed by atoms with van der Waals surface area (Å²) < 4.78 is 7.29. The molecule has 7 heteroatoms. The van der Waals surface area contributed by atoms with E-state index in [0.717, 1.165) is 12.8 Å². The summed E-state index contributed by atoms with van der Waals surface area (Å²) in [5, 5.41) is 7.27. The molecular weight excluding hydrogens is 356 g/mol. The number of rotatable bonds is 6. The summed E-state index contributed by atoms with van der Waals surface area (Å²) in [6.45, 7) is 2.00. The number of ether oxygens (including phenoxy) is 1. The van der Waals surface area contributed by atoms with E-state index < -0.39 is 0 Å². The molecule has 1 N–H and O–H groups in total. The molecule has 1 fully saturated rings. The Morgan fingerprint density at radius 2 is 1.96 bits per heavy atom. The lowest BCUT2D eigenvalue weighted by Crippen LogP contribution is -2.51. The fourth-order valence-corrected chi connectivity index (χ4v) is 4.10. The van der Waals surface area contributed by atoms with Crippen molar-refractivity contribution < 1.29 is 14.3 Å². The zero-order valence-corrected chi connectivity index (χ0v) is 15.9. The first-order valence-corrected chi connectivity index (χ1v) is 9.90. The number of aromatic nitrogens is 2. The van der Waals surface area contributed by atoms with Crippen molar-refractivity contribution in [2.75, 3.05) is 19.8 Å². The number of morpholine rings is 1. The summed E-state index contributed by atoms with van der Waals surface area (Å²) >= 11 is 0. The summed E-state index contributed by atoms with van der Waals surface area (Å²) in [5.41, 5.74) is 2.62. The zero-order chi connectivity index (χ0) is 19.3. The third-order valence-electron chi connectivity index (χ3n) is 5.50. The van der Waals surface area contributed by atoms with Gasteiger partial charge in [0.2, 0.25) is 11.8 Å². The molecule has 0 radical (unpaired) electrons. The molecule has 0 spiro atoms.